The summed E-state index contributed by atoms with van der Waals surface area (Å²) in [4.78, 5) is 2.16. The summed E-state index contributed by atoms with van der Waals surface area (Å²) < 4.78 is 0. The van der Waals surface area contributed by atoms with Gasteiger partial charge in [-0.05, 0) is 24.7 Å². The third-order valence-corrected chi connectivity index (χ3v) is 2.23. The van der Waals surface area contributed by atoms with Gasteiger partial charge in [0.25, 0.3) is 0 Å². The second-order valence-corrected chi connectivity index (χ2v) is 3.35. The highest BCUT2D eigenvalue weighted by Gasteiger charge is 2.00. The van der Waals surface area contributed by atoms with Gasteiger partial charge in [-0.1, -0.05) is 12.1 Å². The molecule has 0 saturated carbocycles. The summed E-state index contributed by atoms with van der Waals surface area (Å²) in [5.74, 6) is 0. The molecule has 0 amide bonds. The smallest absolute Gasteiger partial charge is 0.0682 e. The molecule has 0 saturated heterocycles. The molecule has 3 nitrogen and oxygen atoms in total. The van der Waals surface area contributed by atoms with E-state index in [0.29, 0.717) is 0 Å². The standard InChI is InChI=1S/C11H18N2O/c1-12-6-7-13(2)11-5-3-4-10(8-11)9-14/h3-5,8,12,14H,6-7,9H2,1-2H3. The number of benzene rings is 1. The van der Waals surface area contributed by atoms with E-state index in [4.69, 9.17) is 5.11 Å². The van der Waals surface area contributed by atoms with Crippen LogP contribution >= 0.6 is 0 Å². The summed E-state index contributed by atoms with van der Waals surface area (Å²) in [5.41, 5.74) is 2.10. The fraction of sp³-hybridized carbons (Fsp3) is 0.455. The van der Waals surface area contributed by atoms with Crippen LogP contribution in [0.4, 0.5) is 5.69 Å². The van der Waals surface area contributed by atoms with Crippen LogP contribution in [-0.4, -0.2) is 32.3 Å². The molecule has 0 fully saturated rings. The Hall–Kier alpha value is -1.06. The van der Waals surface area contributed by atoms with E-state index in [0.717, 1.165) is 24.3 Å². The fourth-order valence-corrected chi connectivity index (χ4v) is 1.30. The topological polar surface area (TPSA) is 35.5 Å². The minimum Gasteiger partial charge on any atom is -0.392 e. The van der Waals surface area contributed by atoms with E-state index in [1.165, 1.54) is 0 Å². The van der Waals surface area contributed by atoms with Crippen molar-refractivity contribution in [3.63, 3.8) is 0 Å². The summed E-state index contributed by atoms with van der Waals surface area (Å²) in [5, 5.41) is 12.1. The average molecular weight is 194 g/mol. The van der Waals surface area contributed by atoms with Crippen LogP contribution in [0.25, 0.3) is 0 Å². The number of anilines is 1. The van der Waals surface area contributed by atoms with Crippen molar-refractivity contribution in [1.82, 2.24) is 5.32 Å². The Morgan fingerprint density at radius 3 is 2.86 bits per heavy atom. The highest BCUT2D eigenvalue weighted by Crippen LogP contribution is 2.14. The number of aliphatic hydroxyl groups is 1. The predicted octanol–water partition coefficient (Wildman–Crippen LogP) is 0.834. The van der Waals surface area contributed by atoms with Crippen molar-refractivity contribution in [3.05, 3.63) is 29.8 Å². The lowest BCUT2D eigenvalue weighted by molar-refractivity contribution is 0.282. The maximum atomic E-state index is 8.99. The van der Waals surface area contributed by atoms with E-state index in [-0.39, 0.29) is 6.61 Å². The predicted molar refractivity (Wildman–Crippen MR) is 59.6 cm³/mol. The van der Waals surface area contributed by atoms with Crippen molar-refractivity contribution in [2.75, 3.05) is 32.1 Å². The zero-order chi connectivity index (χ0) is 10.4. The summed E-state index contributed by atoms with van der Waals surface area (Å²) in [6.07, 6.45) is 0. The van der Waals surface area contributed by atoms with Gasteiger partial charge in [-0.25, -0.2) is 0 Å². The molecule has 0 radical (unpaired) electrons. The lowest BCUT2D eigenvalue weighted by atomic mass is 10.2. The van der Waals surface area contributed by atoms with E-state index in [1.807, 2.05) is 32.3 Å². The van der Waals surface area contributed by atoms with E-state index in [9.17, 15) is 0 Å². The van der Waals surface area contributed by atoms with Gasteiger partial charge >= 0.3 is 0 Å². The van der Waals surface area contributed by atoms with E-state index < -0.39 is 0 Å². The highest BCUT2D eigenvalue weighted by atomic mass is 16.3. The van der Waals surface area contributed by atoms with Gasteiger partial charge in [0.1, 0.15) is 0 Å². The van der Waals surface area contributed by atoms with Crippen molar-refractivity contribution in [1.29, 1.82) is 0 Å². The Balaban J connectivity index is 2.64. The van der Waals surface area contributed by atoms with Crippen LogP contribution in [0.3, 0.4) is 0 Å². The second kappa shape index (κ2) is 5.62. The number of aliphatic hydroxyl groups excluding tert-OH is 1. The summed E-state index contributed by atoms with van der Waals surface area (Å²) in [6, 6.07) is 7.96. The SMILES string of the molecule is CNCCN(C)c1cccc(CO)c1. The van der Waals surface area contributed by atoms with Crippen LogP contribution in [0, 0.1) is 0 Å². The lowest BCUT2D eigenvalue weighted by Gasteiger charge is -2.19. The van der Waals surface area contributed by atoms with Gasteiger partial charge in [-0.15, -0.1) is 0 Å². The number of nitrogens with zero attached hydrogens (tertiary/aromatic N) is 1. The molecule has 1 aromatic rings. The maximum Gasteiger partial charge on any atom is 0.0682 e. The Labute approximate surface area is 85.4 Å². The Morgan fingerprint density at radius 2 is 2.21 bits per heavy atom. The highest BCUT2D eigenvalue weighted by molar-refractivity contribution is 5.47. The van der Waals surface area contributed by atoms with Crippen molar-refractivity contribution in [3.8, 4) is 0 Å². The van der Waals surface area contributed by atoms with Gasteiger partial charge in [0, 0.05) is 25.8 Å². The van der Waals surface area contributed by atoms with Crippen LogP contribution in [-0.2, 0) is 6.61 Å². The molecule has 1 aromatic carbocycles. The molecule has 2 N–H and O–H groups in total. The van der Waals surface area contributed by atoms with Crippen LogP contribution in [0.5, 0.6) is 0 Å². The number of likely N-dealkylation sites (N-methyl/N-ethyl adjacent to an activating group) is 2. The van der Waals surface area contributed by atoms with E-state index in [2.05, 4.69) is 16.3 Å². The van der Waals surface area contributed by atoms with Crippen molar-refractivity contribution in [2.45, 2.75) is 6.61 Å². The van der Waals surface area contributed by atoms with Gasteiger partial charge in [-0.2, -0.15) is 0 Å². The molecule has 0 unspecified atom stereocenters. The third-order valence-electron chi connectivity index (χ3n) is 2.23. The molecule has 0 bridgehead atoms. The van der Waals surface area contributed by atoms with Crippen molar-refractivity contribution in [2.24, 2.45) is 0 Å². The molecule has 0 spiro atoms. The first-order valence-electron chi connectivity index (χ1n) is 4.83. The number of rotatable bonds is 5. The molecule has 78 valence electrons. The molecular weight excluding hydrogens is 176 g/mol. The monoisotopic (exact) mass is 194 g/mol. The Morgan fingerprint density at radius 1 is 1.43 bits per heavy atom. The Kier molecular flexibility index (Phi) is 4.43. The van der Waals surface area contributed by atoms with Crippen LogP contribution < -0.4 is 10.2 Å². The average Bonchev–Trinajstić information content (AvgIpc) is 2.26. The molecule has 0 atom stereocenters. The quantitative estimate of drug-likeness (QED) is 0.729. The second-order valence-electron chi connectivity index (χ2n) is 3.35. The van der Waals surface area contributed by atoms with Gasteiger partial charge in [-0.3, -0.25) is 0 Å². The number of nitrogens with one attached hydrogen (secondary N) is 1. The zero-order valence-corrected chi connectivity index (χ0v) is 8.83. The minimum atomic E-state index is 0.105. The molecule has 0 aliphatic carbocycles. The normalized spacial score (nSPS) is 10.2. The fourth-order valence-electron chi connectivity index (χ4n) is 1.30. The molecule has 0 aliphatic rings. The van der Waals surface area contributed by atoms with Crippen LogP contribution in [0.1, 0.15) is 5.56 Å². The molecular formula is C11H18N2O. The summed E-state index contributed by atoms with van der Waals surface area (Å²) in [7, 11) is 3.99. The molecule has 1 rings (SSSR count). The summed E-state index contributed by atoms with van der Waals surface area (Å²) >= 11 is 0. The Bertz CT molecular complexity index is 276. The van der Waals surface area contributed by atoms with Crippen LogP contribution in [0.2, 0.25) is 0 Å². The first-order valence-corrected chi connectivity index (χ1v) is 4.83. The van der Waals surface area contributed by atoms with Crippen molar-refractivity contribution >= 4 is 5.69 Å². The van der Waals surface area contributed by atoms with Crippen LogP contribution in [0.15, 0.2) is 24.3 Å². The van der Waals surface area contributed by atoms with Gasteiger partial charge < -0.3 is 15.3 Å². The van der Waals surface area contributed by atoms with Gasteiger partial charge in [0.05, 0.1) is 6.61 Å². The third kappa shape index (κ3) is 3.01. The minimum absolute atomic E-state index is 0.105. The molecule has 0 heterocycles. The largest absolute Gasteiger partial charge is 0.392 e. The number of hydrogen-bond acceptors (Lipinski definition) is 3. The van der Waals surface area contributed by atoms with Gasteiger partial charge in [0.2, 0.25) is 0 Å². The van der Waals surface area contributed by atoms with E-state index >= 15 is 0 Å². The van der Waals surface area contributed by atoms with E-state index in [1.54, 1.807) is 0 Å². The lowest BCUT2D eigenvalue weighted by Crippen LogP contribution is -2.27. The van der Waals surface area contributed by atoms with Crippen molar-refractivity contribution < 1.29 is 5.11 Å². The molecule has 3 heteroatoms. The zero-order valence-electron chi connectivity index (χ0n) is 8.83. The summed E-state index contributed by atoms with van der Waals surface area (Å²) in [6.45, 7) is 2.03. The first-order chi connectivity index (χ1) is 6.77. The first kappa shape index (κ1) is 11.0. The maximum absolute atomic E-state index is 8.99. The molecule has 14 heavy (non-hydrogen) atoms. The number of hydrogen-bond donors (Lipinski definition) is 2. The molecule has 0 aromatic heterocycles. The van der Waals surface area contributed by atoms with Gasteiger partial charge in [0.15, 0.2) is 0 Å². The molecule has 0 aliphatic heterocycles.